The molecule has 1 aliphatic carbocycles. The van der Waals surface area contributed by atoms with Crippen molar-refractivity contribution in [2.24, 2.45) is 11.3 Å². The van der Waals surface area contributed by atoms with Crippen molar-refractivity contribution in [2.45, 2.75) is 38.7 Å². The van der Waals surface area contributed by atoms with E-state index < -0.39 is 11.0 Å². The number of carbonyl (C=O) groups is 1. The molecule has 2 heteroatoms. The monoisotopic (exact) mass is 306 g/mol. The normalized spacial score (nSPS) is 28.9. The minimum atomic E-state index is -0.428. The standard InChI is InChI=1S/C21H22O2/c1-14-10-18-20(2,3)23-19(22)21(18,12-14)13-15-8-9-16-6-4-5-7-17(16)11-15/h4-9,11,18H,1,10,12-13H2,2-3H3/t18-,21-/m1/s1. The van der Waals surface area contributed by atoms with Crippen LogP contribution in [0, 0.1) is 11.3 Å². The lowest BCUT2D eigenvalue weighted by Crippen LogP contribution is -2.35. The molecule has 0 radical (unpaired) electrons. The van der Waals surface area contributed by atoms with Crippen molar-refractivity contribution < 1.29 is 9.53 Å². The average molecular weight is 306 g/mol. The summed E-state index contributed by atoms with van der Waals surface area (Å²) >= 11 is 0. The minimum absolute atomic E-state index is 0.0423. The SMILES string of the molecule is C=C1C[C@@H]2C(C)(C)OC(=O)[C@@]2(Cc2ccc3ccccc3c2)C1. The van der Waals surface area contributed by atoms with E-state index in [2.05, 4.69) is 49.0 Å². The summed E-state index contributed by atoms with van der Waals surface area (Å²) in [6.07, 6.45) is 2.39. The minimum Gasteiger partial charge on any atom is -0.459 e. The molecule has 0 amide bonds. The van der Waals surface area contributed by atoms with E-state index in [4.69, 9.17) is 4.74 Å². The molecular formula is C21H22O2. The Morgan fingerprint density at radius 3 is 2.70 bits per heavy atom. The van der Waals surface area contributed by atoms with E-state index in [9.17, 15) is 4.79 Å². The first-order valence-corrected chi connectivity index (χ1v) is 8.28. The molecule has 2 fully saturated rings. The number of ether oxygens (including phenoxy) is 1. The van der Waals surface area contributed by atoms with Gasteiger partial charge in [-0.15, -0.1) is 0 Å². The maximum atomic E-state index is 12.7. The Balaban J connectivity index is 1.75. The maximum absolute atomic E-state index is 12.7. The molecule has 1 heterocycles. The largest absolute Gasteiger partial charge is 0.459 e. The molecule has 0 N–H and O–H groups in total. The van der Waals surface area contributed by atoms with Crippen LogP contribution < -0.4 is 0 Å². The van der Waals surface area contributed by atoms with E-state index in [0.29, 0.717) is 0 Å². The van der Waals surface area contributed by atoms with Crippen LogP contribution in [0.3, 0.4) is 0 Å². The van der Waals surface area contributed by atoms with Crippen LogP contribution in [0.25, 0.3) is 10.8 Å². The number of esters is 1. The van der Waals surface area contributed by atoms with Gasteiger partial charge in [0, 0.05) is 5.92 Å². The summed E-state index contributed by atoms with van der Waals surface area (Å²) in [7, 11) is 0. The predicted octanol–water partition coefficient (Wildman–Crippen LogP) is 4.67. The summed E-state index contributed by atoms with van der Waals surface area (Å²) in [5.41, 5.74) is 1.56. The topological polar surface area (TPSA) is 26.3 Å². The number of rotatable bonds is 2. The summed E-state index contributed by atoms with van der Waals surface area (Å²) in [6, 6.07) is 14.8. The van der Waals surface area contributed by atoms with Gasteiger partial charge in [-0.25, -0.2) is 0 Å². The summed E-state index contributed by atoms with van der Waals surface area (Å²) in [5.74, 6) is 0.181. The van der Waals surface area contributed by atoms with Gasteiger partial charge in [0.25, 0.3) is 0 Å². The number of hydrogen-bond donors (Lipinski definition) is 0. The van der Waals surface area contributed by atoms with Crippen LogP contribution >= 0.6 is 0 Å². The van der Waals surface area contributed by atoms with Gasteiger partial charge < -0.3 is 4.74 Å². The fourth-order valence-corrected chi connectivity index (χ4v) is 4.63. The van der Waals surface area contributed by atoms with Crippen molar-refractivity contribution in [2.75, 3.05) is 0 Å². The molecule has 1 saturated carbocycles. The number of carbonyl (C=O) groups excluding carboxylic acids is 1. The number of allylic oxidation sites excluding steroid dienone is 1. The van der Waals surface area contributed by atoms with Crippen LogP contribution in [0.1, 0.15) is 32.3 Å². The first kappa shape index (κ1) is 14.5. The maximum Gasteiger partial charge on any atom is 0.313 e. The highest BCUT2D eigenvalue weighted by molar-refractivity contribution is 5.85. The van der Waals surface area contributed by atoms with Crippen molar-refractivity contribution in [3.8, 4) is 0 Å². The lowest BCUT2D eigenvalue weighted by Gasteiger charge is -2.28. The van der Waals surface area contributed by atoms with Gasteiger partial charge in [-0.3, -0.25) is 4.79 Å². The third kappa shape index (κ3) is 2.12. The van der Waals surface area contributed by atoms with E-state index in [0.717, 1.165) is 19.3 Å². The Morgan fingerprint density at radius 1 is 1.17 bits per heavy atom. The van der Waals surface area contributed by atoms with E-state index in [1.807, 2.05) is 13.8 Å². The van der Waals surface area contributed by atoms with E-state index in [-0.39, 0.29) is 11.9 Å². The van der Waals surface area contributed by atoms with Gasteiger partial charge in [0.1, 0.15) is 5.60 Å². The highest BCUT2D eigenvalue weighted by Gasteiger charge is 2.63. The van der Waals surface area contributed by atoms with Gasteiger partial charge in [-0.05, 0) is 49.4 Å². The molecule has 2 aromatic carbocycles. The van der Waals surface area contributed by atoms with Gasteiger partial charge in [0.2, 0.25) is 0 Å². The second-order valence-corrected chi connectivity index (χ2v) is 7.69. The molecule has 0 spiro atoms. The third-order valence-electron chi connectivity index (χ3n) is 5.66. The summed E-state index contributed by atoms with van der Waals surface area (Å²) in [4.78, 5) is 12.7. The van der Waals surface area contributed by atoms with Crippen molar-refractivity contribution in [1.82, 2.24) is 0 Å². The molecule has 118 valence electrons. The van der Waals surface area contributed by atoms with E-state index in [1.54, 1.807) is 0 Å². The quantitative estimate of drug-likeness (QED) is 0.595. The number of benzene rings is 2. The van der Waals surface area contributed by atoms with Crippen LogP contribution in [0.4, 0.5) is 0 Å². The Hall–Kier alpha value is -2.09. The molecule has 23 heavy (non-hydrogen) atoms. The number of cyclic esters (lactones) is 1. The number of hydrogen-bond acceptors (Lipinski definition) is 2. The zero-order valence-corrected chi connectivity index (χ0v) is 13.8. The molecule has 4 rings (SSSR count). The lowest BCUT2D eigenvalue weighted by molar-refractivity contribution is -0.152. The first-order valence-electron chi connectivity index (χ1n) is 8.28. The van der Waals surface area contributed by atoms with Crippen LogP contribution in [0.2, 0.25) is 0 Å². The van der Waals surface area contributed by atoms with Crippen molar-refractivity contribution in [3.05, 3.63) is 60.2 Å². The van der Waals surface area contributed by atoms with Gasteiger partial charge in [-0.2, -0.15) is 0 Å². The zero-order valence-electron chi connectivity index (χ0n) is 13.8. The molecule has 0 unspecified atom stereocenters. The molecule has 2 aliphatic rings. The highest BCUT2D eigenvalue weighted by atomic mass is 16.6. The molecule has 0 bridgehead atoms. The fraction of sp³-hybridized carbons (Fsp3) is 0.381. The Bertz CT molecular complexity index is 817. The molecular weight excluding hydrogens is 284 g/mol. The summed E-state index contributed by atoms with van der Waals surface area (Å²) in [5, 5.41) is 2.45. The first-order chi connectivity index (χ1) is 10.9. The second kappa shape index (κ2) is 4.70. The fourth-order valence-electron chi connectivity index (χ4n) is 4.63. The van der Waals surface area contributed by atoms with Crippen molar-refractivity contribution in [3.63, 3.8) is 0 Å². The van der Waals surface area contributed by atoms with Crippen molar-refractivity contribution in [1.29, 1.82) is 0 Å². The van der Waals surface area contributed by atoms with Gasteiger partial charge in [-0.1, -0.05) is 54.6 Å². The summed E-state index contributed by atoms with van der Waals surface area (Å²) in [6.45, 7) is 8.24. The van der Waals surface area contributed by atoms with Gasteiger partial charge >= 0.3 is 5.97 Å². The average Bonchev–Trinajstić information content (AvgIpc) is 2.92. The predicted molar refractivity (Wildman–Crippen MR) is 92.1 cm³/mol. The van der Waals surface area contributed by atoms with Crippen molar-refractivity contribution >= 4 is 16.7 Å². The Labute approximate surface area is 137 Å². The number of fused-ring (bicyclic) bond motifs is 2. The summed E-state index contributed by atoms with van der Waals surface area (Å²) < 4.78 is 5.75. The zero-order chi connectivity index (χ0) is 16.2. The highest BCUT2D eigenvalue weighted by Crippen LogP contribution is 2.58. The van der Waals surface area contributed by atoms with Crippen LogP contribution in [-0.2, 0) is 16.0 Å². The van der Waals surface area contributed by atoms with Crippen LogP contribution in [0.15, 0.2) is 54.6 Å². The Morgan fingerprint density at radius 2 is 1.91 bits per heavy atom. The Kier molecular flexibility index (Phi) is 2.96. The molecule has 1 saturated heterocycles. The molecule has 2 atom stereocenters. The molecule has 2 nitrogen and oxygen atoms in total. The third-order valence-corrected chi connectivity index (χ3v) is 5.66. The lowest BCUT2D eigenvalue weighted by atomic mass is 9.70. The van der Waals surface area contributed by atoms with E-state index in [1.165, 1.54) is 21.9 Å². The van der Waals surface area contributed by atoms with Crippen LogP contribution in [-0.4, -0.2) is 11.6 Å². The van der Waals surface area contributed by atoms with E-state index >= 15 is 0 Å². The van der Waals surface area contributed by atoms with Gasteiger partial charge in [0.15, 0.2) is 0 Å². The van der Waals surface area contributed by atoms with Crippen LogP contribution in [0.5, 0.6) is 0 Å². The molecule has 2 aromatic rings. The smallest absolute Gasteiger partial charge is 0.313 e. The van der Waals surface area contributed by atoms with Gasteiger partial charge in [0.05, 0.1) is 5.41 Å². The molecule has 1 aliphatic heterocycles. The second-order valence-electron chi connectivity index (χ2n) is 7.69. The molecule has 0 aromatic heterocycles.